The number of hydrogen-bond donors (Lipinski definition) is 1. The van der Waals surface area contributed by atoms with Crippen LogP contribution in [0.3, 0.4) is 0 Å². The molecule has 1 aromatic heterocycles. The van der Waals surface area contributed by atoms with Gasteiger partial charge in [-0.05, 0) is 55.0 Å². The number of aliphatic hydroxyl groups is 1. The zero-order chi connectivity index (χ0) is 20.4. The van der Waals surface area contributed by atoms with E-state index in [1.165, 1.54) is 5.56 Å². The molecule has 2 aromatic rings. The molecule has 6 nitrogen and oxygen atoms in total. The first-order chi connectivity index (χ1) is 14.0. The van der Waals surface area contributed by atoms with Crippen LogP contribution < -0.4 is 9.64 Å². The summed E-state index contributed by atoms with van der Waals surface area (Å²) in [6, 6.07) is 8.34. The van der Waals surface area contributed by atoms with E-state index in [1.807, 2.05) is 36.0 Å². The van der Waals surface area contributed by atoms with Gasteiger partial charge in [0.2, 0.25) is 5.91 Å². The lowest BCUT2D eigenvalue weighted by Crippen LogP contribution is -2.44. The van der Waals surface area contributed by atoms with Gasteiger partial charge in [0.15, 0.2) is 0 Å². The zero-order valence-electron chi connectivity index (χ0n) is 17.2. The molecule has 1 amide bonds. The fourth-order valence-electron chi connectivity index (χ4n) is 4.27. The largest absolute Gasteiger partial charge is 0.487 e. The van der Waals surface area contributed by atoms with Crippen molar-refractivity contribution in [3.8, 4) is 16.9 Å². The van der Waals surface area contributed by atoms with Crippen molar-refractivity contribution in [2.24, 2.45) is 0 Å². The minimum atomic E-state index is -0.415. The third-order valence-corrected chi connectivity index (χ3v) is 5.96. The smallest absolute Gasteiger partial charge is 0.222 e. The number of piperidine rings is 1. The van der Waals surface area contributed by atoms with Crippen LogP contribution in [-0.4, -0.2) is 53.4 Å². The van der Waals surface area contributed by atoms with E-state index in [4.69, 9.17) is 4.74 Å². The van der Waals surface area contributed by atoms with E-state index in [1.54, 1.807) is 6.20 Å². The molecule has 2 aliphatic heterocycles. The number of carbonyl (C=O) groups excluding carboxylic acids is 1. The van der Waals surface area contributed by atoms with E-state index in [2.05, 4.69) is 23.2 Å². The summed E-state index contributed by atoms with van der Waals surface area (Å²) in [6.07, 6.45) is 7.24. The summed E-state index contributed by atoms with van der Waals surface area (Å²) < 4.78 is 6.19. The molecule has 4 rings (SSSR count). The van der Waals surface area contributed by atoms with Crippen molar-refractivity contribution in [1.82, 2.24) is 9.88 Å². The molecule has 0 saturated carbocycles. The molecule has 0 bridgehead atoms. The summed E-state index contributed by atoms with van der Waals surface area (Å²) in [5, 5.41) is 10.0. The van der Waals surface area contributed by atoms with Gasteiger partial charge in [-0.3, -0.25) is 9.78 Å². The number of ether oxygens (including phenoxy) is 1. The number of amides is 1. The number of carbonyl (C=O) groups is 1. The highest BCUT2D eigenvalue weighted by molar-refractivity contribution is 5.76. The second-order valence-electron chi connectivity index (χ2n) is 7.96. The maximum Gasteiger partial charge on any atom is 0.222 e. The molecule has 3 heterocycles. The van der Waals surface area contributed by atoms with Gasteiger partial charge in [0.25, 0.3) is 0 Å². The van der Waals surface area contributed by atoms with Gasteiger partial charge in [-0.25, -0.2) is 0 Å². The standard InChI is InChI=1S/C23H29N3O3/c1-3-22(27)26-10-4-5-19(15-26)29-20-12-18(13-24-14-20)16-6-8-21-17(11-16)7-9-23(28)25(21)2/h6,8,11-14,19,23,28H,3-5,7,9-10,15H2,1-2H3/t19-,23?/m0/s1. The Bertz CT molecular complexity index is 885. The molecule has 29 heavy (non-hydrogen) atoms. The fourth-order valence-corrected chi connectivity index (χ4v) is 4.27. The first-order valence-corrected chi connectivity index (χ1v) is 10.5. The van der Waals surface area contributed by atoms with Crippen LogP contribution in [0.2, 0.25) is 0 Å². The third-order valence-electron chi connectivity index (χ3n) is 5.96. The Labute approximate surface area is 172 Å². The lowest BCUT2D eigenvalue weighted by atomic mass is 9.96. The monoisotopic (exact) mass is 395 g/mol. The first-order valence-electron chi connectivity index (χ1n) is 10.5. The number of aromatic nitrogens is 1. The van der Waals surface area contributed by atoms with Crippen LogP contribution in [0.25, 0.3) is 11.1 Å². The molecular formula is C23H29N3O3. The Morgan fingerprint density at radius 1 is 1.24 bits per heavy atom. The van der Waals surface area contributed by atoms with Gasteiger partial charge in [0, 0.05) is 37.5 Å². The molecule has 1 unspecified atom stereocenters. The molecule has 2 aliphatic rings. The highest BCUT2D eigenvalue weighted by Crippen LogP contribution is 2.33. The molecule has 6 heteroatoms. The Kier molecular flexibility index (Phi) is 5.72. The zero-order valence-corrected chi connectivity index (χ0v) is 17.2. The number of likely N-dealkylation sites (tertiary alicyclic amines) is 1. The van der Waals surface area contributed by atoms with Crippen molar-refractivity contribution in [3.05, 3.63) is 42.2 Å². The van der Waals surface area contributed by atoms with Gasteiger partial charge in [0.1, 0.15) is 18.1 Å². The molecule has 0 spiro atoms. The Balaban J connectivity index is 1.50. The lowest BCUT2D eigenvalue weighted by molar-refractivity contribution is -0.133. The molecule has 1 fully saturated rings. The second-order valence-corrected chi connectivity index (χ2v) is 7.96. The van der Waals surface area contributed by atoms with Crippen LogP contribution in [0.4, 0.5) is 5.69 Å². The molecule has 1 saturated heterocycles. The van der Waals surface area contributed by atoms with Gasteiger partial charge in [-0.15, -0.1) is 0 Å². The van der Waals surface area contributed by atoms with Crippen molar-refractivity contribution in [3.63, 3.8) is 0 Å². The summed E-state index contributed by atoms with van der Waals surface area (Å²) >= 11 is 0. The van der Waals surface area contributed by atoms with E-state index < -0.39 is 6.23 Å². The Morgan fingerprint density at radius 3 is 2.93 bits per heavy atom. The van der Waals surface area contributed by atoms with Crippen LogP contribution >= 0.6 is 0 Å². The summed E-state index contributed by atoms with van der Waals surface area (Å²) in [4.78, 5) is 20.2. The normalized spacial score (nSPS) is 21.6. The molecule has 1 N–H and O–H groups in total. The molecule has 2 atom stereocenters. The number of aryl methyl sites for hydroxylation is 1. The average molecular weight is 396 g/mol. The number of nitrogens with zero attached hydrogens (tertiary/aromatic N) is 3. The fraction of sp³-hybridized carbons (Fsp3) is 0.478. The summed E-state index contributed by atoms with van der Waals surface area (Å²) in [7, 11) is 1.93. The number of anilines is 1. The SMILES string of the molecule is CCC(=O)N1CCC[C@H](Oc2cncc(-c3ccc4c(c3)CCC(O)N4C)c2)C1. The van der Waals surface area contributed by atoms with Gasteiger partial charge < -0.3 is 19.6 Å². The quantitative estimate of drug-likeness (QED) is 0.861. The topological polar surface area (TPSA) is 65.9 Å². The van der Waals surface area contributed by atoms with Gasteiger partial charge in [-0.1, -0.05) is 13.0 Å². The van der Waals surface area contributed by atoms with Gasteiger partial charge in [-0.2, -0.15) is 0 Å². The third kappa shape index (κ3) is 4.22. The van der Waals surface area contributed by atoms with Gasteiger partial charge in [0.05, 0.1) is 12.7 Å². The van der Waals surface area contributed by atoms with Crippen LogP contribution in [0.5, 0.6) is 5.75 Å². The predicted octanol–water partition coefficient (Wildman–Crippen LogP) is 3.23. The van der Waals surface area contributed by atoms with E-state index in [0.29, 0.717) is 13.0 Å². The van der Waals surface area contributed by atoms with Crippen molar-refractivity contribution in [2.45, 2.75) is 51.4 Å². The molecule has 154 valence electrons. The van der Waals surface area contributed by atoms with E-state index in [-0.39, 0.29) is 12.0 Å². The maximum atomic E-state index is 12.0. The number of benzene rings is 1. The number of rotatable bonds is 4. The first kappa shape index (κ1) is 19.7. The number of hydrogen-bond acceptors (Lipinski definition) is 5. The molecule has 0 aliphatic carbocycles. The maximum absolute atomic E-state index is 12.0. The van der Waals surface area contributed by atoms with Crippen LogP contribution in [0.1, 0.15) is 38.2 Å². The summed E-state index contributed by atoms with van der Waals surface area (Å²) in [5.41, 5.74) is 4.42. The van der Waals surface area contributed by atoms with Crippen LogP contribution in [-0.2, 0) is 11.2 Å². The predicted molar refractivity (Wildman–Crippen MR) is 113 cm³/mol. The second kappa shape index (κ2) is 8.41. The number of aliphatic hydroxyl groups excluding tert-OH is 1. The van der Waals surface area contributed by atoms with Crippen molar-refractivity contribution in [2.75, 3.05) is 25.0 Å². The molecular weight excluding hydrogens is 366 g/mol. The number of fused-ring (bicyclic) bond motifs is 1. The van der Waals surface area contributed by atoms with E-state index in [9.17, 15) is 9.90 Å². The van der Waals surface area contributed by atoms with Crippen molar-refractivity contribution in [1.29, 1.82) is 0 Å². The van der Waals surface area contributed by atoms with Crippen molar-refractivity contribution >= 4 is 11.6 Å². The summed E-state index contributed by atoms with van der Waals surface area (Å²) in [6.45, 7) is 3.37. The highest BCUT2D eigenvalue weighted by atomic mass is 16.5. The van der Waals surface area contributed by atoms with Crippen molar-refractivity contribution < 1.29 is 14.6 Å². The minimum Gasteiger partial charge on any atom is -0.487 e. The molecule has 1 aromatic carbocycles. The minimum absolute atomic E-state index is 0.00923. The Morgan fingerprint density at radius 2 is 2.10 bits per heavy atom. The van der Waals surface area contributed by atoms with Crippen LogP contribution in [0, 0.1) is 0 Å². The molecule has 0 radical (unpaired) electrons. The van der Waals surface area contributed by atoms with E-state index >= 15 is 0 Å². The van der Waals surface area contributed by atoms with Gasteiger partial charge >= 0.3 is 0 Å². The lowest BCUT2D eigenvalue weighted by Gasteiger charge is -2.33. The summed E-state index contributed by atoms with van der Waals surface area (Å²) in [5.74, 6) is 0.929. The average Bonchev–Trinajstić information content (AvgIpc) is 2.76. The van der Waals surface area contributed by atoms with Crippen LogP contribution in [0.15, 0.2) is 36.7 Å². The number of pyridine rings is 1. The highest BCUT2D eigenvalue weighted by Gasteiger charge is 2.24. The Hall–Kier alpha value is -2.60. The van der Waals surface area contributed by atoms with E-state index in [0.717, 1.165) is 54.8 Å².